The zero-order chi connectivity index (χ0) is 13.8. The minimum Gasteiger partial charge on any atom is -0.398 e. The van der Waals surface area contributed by atoms with Gasteiger partial charge in [0.05, 0.1) is 0 Å². The van der Waals surface area contributed by atoms with Gasteiger partial charge in [-0.25, -0.2) is 5.90 Å². The van der Waals surface area contributed by atoms with Crippen molar-refractivity contribution in [1.29, 1.82) is 5.41 Å². The maximum atomic E-state index is 7.52. The SMILES string of the molecule is N=Cc1c(N)cc(Cl)cc1C(ON)C1CCNCC1. The third-order valence-electron chi connectivity index (χ3n) is 3.62. The number of piperidine rings is 1. The summed E-state index contributed by atoms with van der Waals surface area (Å²) in [5, 5.41) is 11.4. The van der Waals surface area contributed by atoms with Crippen molar-refractivity contribution in [1.82, 2.24) is 5.32 Å². The van der Waals surface area contributed by atoms with Crippen LogP contribution in [0.15, 0.2) is 12.1 Å². The number of rotatable bonds is 4. The zero-order valence-corrected chi connectivity index (χ0v) is 11.4. The average molecular weight is 283 g/mol. The van der Waals surface area contributed by atoms with Crippen LogP contribution in [-0.4, -0.2) is 19.3 Å². The minimum atomic E-state index is -0.278. The molecule has 1 heterocycles. The molecule has 6 N–H and O–H groups in total. The molecular weight excluding hydrogens is 264 g/mol. The van der Waals surface area contributed by atoms with Crippen LogP contribution in [0.3, 0.4) is 0 Å². The van der Waals surface area contributed by atoms with Crippen LogP contribution < -0.4 is 16.9 Å². The summed E-state index contributed by atoms with van der Waals surface area (Å²) < 4.78 is 0. The summed E-state index contributed by atoms with van der Waals surface area (Å²) in [6.07, 6.45) is 2.91. The normalized spacial score (nSPS) is 18.2. The molecule has 19 heavy (non-hydrogen) atoms. The second-order valence-electron chi connectivity index (χ2n) is 4.79. The standard InChI is InChI=1S/C13H19ClN4O/c14-9-5-10(11(7-15)12(16)6-9)13(19-17)8-1-3-18-4-2-8/h5-8,13,15,18H,1-4,16-17H2. The van der Waals surface area contributed by atoms with E-state index in [1.54, 1.807) is 12.1 Å². The van der Waals surface area contributed by atoms with Crippen molar-refractivity contribution in [3.63, 3.8) is 0 Å². The van der Waals surface area contributed by atoms with Crippen molar-refractivity contribution in [3.05, 3.63) is 28.3 Å². The Morgan fingerprint density at radius 2 is 2.11 bits per heavy atom. The quantitative estimate of drug-likeness (QED) is 0.385. The number of benzene rings is 1. The Labute approximate surface area is 117 Å². The van der Waals surface area contributed by atoms with E-state index in [-0.39, 0.29) is 6.10 Å². The van der Waals surface area contributed by atoms with Crippen LogP contribution in [-0.2, 0) is 4.84 Å². The summed E-state index contributed by atoms with van der Waals surface area (Å²) in [6.45, 7) is 1.89. The van der Waals surface area contributed by atoms with Gasteiger partial charge in [0.25, 0.3) is 0 Å². The van der Waals surface area contributed by atoms with E-state index in [2.05, 4.69) is 5.32 Å². The zero-order valence-electron chi connectivity index (χ0n) is 10.7. The van der Waals surface area contributed by atoms with Gasteiger partial charge in [0, 0.05) is 22.5 Å². The lowest BCUT2D eigenvalue weighted by Crippen LogP contribution is -2.33. The Kier molecular flexibility index (Phi) is 4.76. The molecule has 1 aromatic rings. The topological polar surface area (TPSA) is 97.2 Å². The summed E-state index contributed by atoms with van der Waals surface area (Å²) in [5.74, 6) is 5.79. The van der Waals surface area contributed by atoms with Crippen LogP contribution in [0.2, 0.25) is 5.02 Å². The first-order chi connectivity index (χ1) is 9.17. The predicted molar refractivity (Wildman–Crippen MR) is 77.4 cm³/mol. The molecule has 1 aliphatic heterocycles. The van der Waals surface area contributed by atoms with E-state index in [1.165, 1.54) is 6.21 Å². The number of nitrogens with one attached hydrogen (secondary N) is 2. The van der Waals surface area contributed by atoms with Gasteiger partial charge in [-0.1, -0.05) is 11.6 Å². The van der Waals surface area contributed by atoms with Crippen molar-refractivity contribution in [2.75, 3.05) is 18.8 Å². The molecule has 0 amide bonds. The molecule has 0 saturated carbocycles. The summed E-state index contributed by atoms with van der Waals surface area (Å²) in [5.41, 5.74) is 7.83. The molecule has 6 heteroatoms. The highest BCUT2D eigenvalue weighted by atomic mass is 35.5. The molecule has 1 aromatic carbocycles. The molecule has 0 aliphatic carbocycles. The first kappa shape index (κ1) is 14.3. The maximum absolute atomic E-state index is 7.52. The molecule has 0 aromatic heterocycles. The largest absolute Gasteiger partial charge is 0.398 e. The average Bonchev–Trinajstić information content (AvgIpc) is 2.40. The Hall–Kier alpha value is -1.14. The number of halogens is 1. The van der Waals surface area contributed by atoms with Crippen LogP contribution in [0.1, 0.15) is 30.1 Å². The van der Waals surface area contributed by atoms with E-state index in [0.717, 1.165) is 31.5 Å². The first-order valence-corrected chi connectivity index (χ1v) is 6.70. The Morgan fingerprint density at radius 3 is 2.68 bits per heavy atom. The lowest BCUT2D eigenvalue weighted by Gasteiger charge is -2.30. The molecule has 5 nitrogen and oxygen atoms in total. The maximum Gasteiger partial charge on any atom is 0.107 e. The highest BCUT2D eigenvalue weighted by Gasteiger charge is 2.28. The monoisotopic (exact) mass is 282 g/mol. The van der Waals surface area contributed by atoms with Gasteiger partial charge in [0.1, 0.15) is 6.10 Å². The predicted octanol–water partition coefficient (Wildman–Crippen LogP) is 1.85. The second kappa shape index (κ2) is 6.34. The first-order valence-electron chi connectivity index (χ1n) is 6.33. The molecular formula is C13H19ClN4O. The molecule has 1 saturated heterocycles. The summed E-state index contributed by atoms with van der Waals surface area (Å²) in [7, 11) is 0. The number of anilines is 1. The molecule has 1 aliphatic rings. The Morgan fingerprint density at radius 1 is 1.42 bits per heavy atom. The highest BCUT2D eigenvalue weighted by molar-refractivity contribution is 6.31. The Balaban J connectivity index is 2.38. The van der Waals surface area contributed by atoms with Gasteiger partial charge in [0.2, 0.25) is 0 Å². The number of hydrogen-bond acceptors (Lipinski definition) is 5. The number of hydrogen-bond donors (Lipinski definition) is 4. The lowest BCUT2D eigenvalue weighted by atomic mass is 9.86. The van der Waals surface area contributed by atoms with Gasteiger partial charge in [0.15, 0.2) is 0 Å². The molecule has 0 bridgehead atoms. The fourth-order valence-electron chi connectivity index (χ4n) is 2.65. The molecule has 1 unspecified atom stereocenters. The van der Waals surface area contributed by atoms with Gasteiger partial charge >= 0.3 is 0 Å². The van der Waals surface area contributed by atoms with E-state index in [1.807, 2.05) is 0 Å². The minimum absolute atomic E-state index is 0.278. The van der Waals surface area contributed by atoms with Crippen molar-refractivity contribution < 1.29 is 4.84 Å². The smallest absolute Gasteiger partial charge is 0.107 e. The third-order valence-corrected chi connectivity index (χ3v) is 3.84. The van der Waals surface area contributed by atoms with Crippen LogP contribution in [0.5, 0.6) is 0 Å². The molecule has 0 radical (unpaired) electrons. The number of nitrogen functional groups attached to an aromatic ring is 1. The summed E-state index contributed by atoms with van der Waals surface area (Å²) in [6, 6.07) is 3.43. The van der Waals surface area contributed by atoms with E-state index < -0.39 is 0 Å². The summed E-state index contributed by atoms with van der Waals surface area (Å²) in [4.78, 5) is 5.18. The van der Waals surface area contributed by atoms with E-state index >= 15 is 0 Å². The lowest BCUT2D eigenvalue weighted by molar-refractivity contribution is -0.000531. The fourth-order valence-corrected chi connectivity index (χ4v) is 2.88. The van der Waals surface area contributed by atoms with Gasteiger partial charge in [-0.2, -0.15) is 0 Å². The third kappa shape index (κ3) is 3.06. The summed E-state index contributed by atoms with van der Waals surface area (Å²) >= 11 is 6.06. The van der Waals surface area contributed by atoms with Crippen LogP contribution >= 0.6 is 11.6 Å². The van der Waals surface area contributed by atoms with Crippen molar-refractivity contribution >= 4 is 23.5 Å². The van der Waals surface area contributed by atoms with Crippen LogP contribution in [0.4, 0.5) is 5.69 Å². The van der Waals surface area contributed by atoms with Gasteiger partial charge < -0.3 is 16.5 Å². The van der Waals surface area contributed by atoms with E-state index in [4.69, 9.17) is 33.5 Å². The second-order valence-corrected chi connectivity index (χ2v) is 5.22. The van der Waals surface area contributed by atoms with E-state index in [9.17, 15) is 0 Å². The van der Waals surface area contributed by atoms with Gasteiger partial charge in [-0.05, 0) is 49.5 Å². The fraction of sp³-hybridized carbons (Fsp3) is 0.462. The van der Waals surface area contributed by atoms with Crippen molar-refractivity contribution in [2.45, 2.75) is 18.9 Å². The molecule has 0 spiro atoms. The highest BCUT2D eigenvalue weighted by Crippen LogP contribution is 2.35. The van der Waals surface area contributed by atoms with E-state index in [0.29, 0.717) is 22.2 Å². The van der Waals surface area contributed by atoms with Gasteiger partial charge in [-0.3, -0.25) is 4.84 Å². The molecule has 1 atom stereocenters. The van der Waals surface area contributed by atoms with Crippen molar-refractivity contribution in [3.8, 4) is 0 Å². The Bertz CT molecular complexity index is 460. The molecule has 2 rings (SSSR count). The van der Waals surface area contributed by atoms with Crippen molar-refractivity contribution in [2.24, 2.45) is 11.8 Å². The number of nitrogens with two attached hydrogens (primary N) is 2. The van der Waals surface area contributed by atoms with Crippen LogP contribution in [0, 0.1) is 11.3 Å². The molecule has 1 fully saturated rings. The van der Waals surface area contributed by atoms with Gasteiger partial charge in [-0.15, -0.1) is 0 Å². The van der Waals surface area contributed by atoms with Crippen LogP contribution in [0.25, 0.3) is 0 Å². The molecule has 104 valence electrons.